The summed E-state index contributed by atoms with van der Waals surface area (Å²) in [6, 6.07) is 18.7. The van der Waals surface area contributed by atoms with E-state index in [0.29, 0.717) is 5.56 Å². The second-order valence-electron chi connectivity index (χ2n) is 3.87. The van der Waals surface area contributed by atoms with Crippen molar-refractivity contribution in [1.29, 1.82) is 0 Å². The minimum absolute atomic E-state index is 0.147. The number of amides is 1. The molecule has 3 heteroatoms. The van der Waals surface area contributed by atoms with Gasteiger partial charge in [0.1, 0.15) is 0 Å². The third kappa shape index (κ3) is 2.96. The second-order valence-corrected chi connectivity index (χ2v) is 3.87. The molecule has 0 saturated carbocycles. The number of methoxy groups -OCH3 is 1. The Morgan fingerprint density at radius 1 is 1.00 bits per heavy atom. The number of carbonyl (C=O) groups is 1. The van der Waals surface area contributed by atoms with Crippen LogP contribution in [0, 0.1) is 0 Å². The lowest BCUT2D eigenvalue weighted by atomic mass is 10.1. The first-order valence-corrected chi connectivity index (χ1v) is 5.75. The van der Waals surface area contributed by atoms with Crippen LogP contribution in [0.3, 0.4) is 0 Å². The van der Waals surface area contributed by atoms with Gasteiger partial charge in [-0.15, -0.1) is 0 Å². The Hall–Kier alpha value is -2.13. The summed E-state index contributed by atoms with van der Waals surface area (Å²) in [4.78, 5) is 12.0. The molecule has 0 aliphatic rings. The fraction of sp³-hybridized carbons (Fsp3) is 0.133. The molecule has 0 aromatic heterocycles. The van der Waals surface area contributed by atoms with Crippen molar-refractivity contribution in [2.75, 3.05) is 7.11 Å². The molecule has 0 spiro atoms. The van der Waals surface area contributed by atoms with Gasteiger partial charge in [0.05, 0.1) is 0 Å². The molecule has 0 fully saturated rings. The predicted octanol–water partition coefficient (Wildman–Crippen LogP) is 2.76. The van der Waals surface area contributed by atoms with Crippen molar-refractivity contribution in [1.82, 2.24) is 5.32 Å². The van der Waals surface area contributed by atoms with Crippen molar-refractivity contribution < 1.29 is 9.53 Å². The van der Waals surface area contributed by atoms with Gasteiger partial charge in [-0.25, -0.2) is 0 Å². The predicted molar refractivity (Wildman–Crippen MR) is 70.1 cm³/mol. The van der Waals surface area contributed by atoms with Crippen molar-refractivity contribution in [3.8, 4) is 0 Å². The molecule has 0 saturated heterocycles. The monoisotopic (exact) mass is 241 g/mol. The van der Waals surface area contributed by atoms with E-state index in [4.69, 9.17) is 4.74 Å². The SMILES string of the molecule is COC(NC(=O)c1ccccc1)c1ccccc1. The maximum absolute atomic E-state index is 12.0. The van der Waals surface area contributed by atoms with Gasteiger partial charge in [0.15, 0.2) is 6.23 Å². The van der Waals surface area contributed by atoms with Crippen LogP contribution in [-0.2, 0) is 4.74 Å². The molecule has 2 aromatic carbocycles. The third-order valence-electron chi connectivity index (χ3n) is 2.64. The van der Waals surface area contributed by atoms with Crippen molar-refractivity contribution in [3.63, 3.8) is 0 Å². The highest BCUT2D eigenvalue weighted by atomic mass is 16.5. The van der Waals surface area contributed by atoms with Crippen LogP contribution in [0.25, 0.3) is 0 Å². The fourth-order valence-electron chi connectivity index (χ4n) is 1.70. The van der Waals surface area contributed by atoms with Crippen LogP contribution in [0.4, 0.5) is 0 Å². The molecule has 1 N–H and O–H groups in total. The van der Waals surface area contributed by atoms with Crippen LogP contribution < -0.4 is 5.32 Å². The Bertz CT molecular complexity index is 496. The number of ether oxygens (including phenoxy) is 1. The molecule has 1 amide bonds. The highest BCUT2D eigenvalue weighted by Crippen LogP contribution is 2.13. The van der Waals surface area contributed by atoms with E-state index in [1.165, 1.54) is 0 Å². The molecule has 0 aliphatic heterocycles. The van der Waals surface area contributed by atoms with E-state index in [-0.39, 0.29) is 5.91 Å². The summed E-state index contributed by atoms with van der Waals surface area (Å²) in [5.74, 6) is -0.147. The summed E-state index contributed by atoms with van der Waals surface area (Å²) in [6.07, 6.45) is -0.432. The Morgan fingerprint density at radius 3 is 2.11 bits per heavy atom. The van der Waals surface area contributed by atoms with Gasteiger partial charge in [-0.2, -0.15) is 0 Å². The van der Waals surface area contributed by atoms with Gasteiger partial charge in [0, 0.05) is 18.2 Å². The average molecular weight is 241 g/mol. The molecule has 0 bridgehead atoms. The number of hydrogen-bond donors (Lipinski definition) is 1. The number of benzene rings is 2. The zero-order valence-electron chi connectivity index (χ0n) is 10.2. The minimum Gasteiger partial charge on any atom is -0.357 e. The zero-order chi connectivity index (χ0) is 12.8. The van der Waals surface area contributed by atoms with Gasteiger partial charge < -0.3 is 10.1 Å². The highest BCUT2D eigenvalue weighted by Gasteiger charge is 2.14. The lowest BCUT2D eigenvalue weighted by Gasteiger charge is -2.17. The molecule has 0 aliphatic carbocycles. The van der Waals surface area contributed by atoms with Crippen molar-refractivity contribution in [2.24, 2.45) is 0 Å². The Balaban J connectivity index is 2.10. The van der Waals surface area contributed by atoms with Gasteiger partial charge in [0.2, 0.25) is 0 Å². The van der Waals surface area contributed by atoms with E-state index in [1.54, 1.807) is 19.2 Å². The second kappa shape index (κ2) is 5.98. The maximum Gasteiger partial charge on any atom is 0.253 e. The van der Waals surface area contributed by atoms with E-state index in [9.17, 15) is 4.79 Å². The molecule has 3 nitrogen and oxygen atoms in total. The lowest BCUT2D eigenvalue weighted by Crippen LogP contribution is -2.29. The van der Waals surface area contributed by atoms with E-state index < -0.39 is 6.23 Å². The van der Waals surface area contributed by atoms with Gasteiger partial charge in [-0.05, 0) is 12.1 Å². The standard InChI is InChI=1S/C15H15NO2/c1-18-15(13-10-6-3-7-11-13)16-14(17)12-8-4-2-5-9-12/h2-11,15H,1H3,(H,16,17). The molecule has 2 rings (SSSR count). The number of hydrogen-bond acceptors (Lipinski definition) is 2. The molecule has 2 aromatic rings. The first-order chi connectivity index (χ1) is 8.81. The Labute approximate surface area is 106 Å². The van der Waals surface area contributed by atoms with Crippen molar-refractivity contribution in [2.45, 2.75) is 6.23 Å². The highest BCUT2D eigenvalue weighted by molar-refractivity contribution is 5.94. The number of carbonyl (C=O) groups excluding carboxylic acids is 1. The quantitative estimate of drug-likeness (QED) is 0.836. The van der Waals surface area contributed by atoms with Crippen LogP contribution >= 0.6 is 0 Å². The summed E-state index contributed by atoms with van der Waals surface area (Å²) in [7, 11) is 1.57. The number of nitrogens with one attached hydrogen (secondary N) is 1. The maximum atomic E-state index is 12.0. The van der Waals surface area contributed by atoms with Gasteiger partial charge in [-0.1, -0.05) is 48.5 Å². The van der Waals surface area contributed by atoms with Crippen molar-refractivity contribution >= 4 is 5.91 Å². The number of rotatable bonds is 4. The summed E-state index contributed by atoms with van der Waals surface area (Å²) in [5.41, 5.74) is 1.54. The molecule has 0 heterocycles. The van der Waals surface area contributed by atoms with Gasteiger partial charge >= 0.3 is 0 Å². The summed E-state index contributed by atoms with van der Waals surface area (Å²) >= 11 is 0. The molecular weight excluding hydrogens is 226 g/mol. The van der Waals surface area contributed by atoms with Crippen LogP contribution in [0.5, 0.6) is 0 Å². The zero-order valence-corrected chi connectivity index (χ0v) is 10.2. The van der Waals surface area contributed by atoms with Gasteiger partial charge in [-0.3, -0.25) is 4.79 Å². The normalized spacial score (nSPS) is 11.8. The summed E-state index contributed by atoms with van der Waals surface area (Å²) in [6.45, 7) is 0. The summed E-state index contributed by atoms with van der Waals surface area (Å²) in [5, 5.41) is 2.84. The third-order valence-corrected chi connectivity index (χ3v) is 2.64. The molecule has 1 atom stereocenters. The van der Waals surface area contributed by atoms with Crippen LogP contribution in [0.1, 0.15) is 22.1 Å². The molecule has 92 valence electrons. The molecule has 1 unspecified atom stereocenters. The van der Waals surface area contributed by atoms with E-state index in [2.05, 4.69) is 5.32 Å². The van der Waals surface area contributed by atoms with Gasteiger partial charge in [0.25, 0.3) is 5.91 Å². The van der Waals surface area contributed by atoms with Crippen LogP contribution in [0.15, 0.2) is 60.7 Å². The van der Waals surface area contributed by atoms with Crippen LogP contribution in [0.2, 0.25) is 0 Å². The summed E-state index contributed by atoms with van der Waals surface area (Å²) < 4.78 is 5.30. The molecule has 0 radical (unpaired) electrons. The lowest BCUT2D eigenvalue weighted by molar-refractivity contribution is 0.0575. The fourth-order valence-corrected chi connectivity index (χ4v) is 1.70. The first kappa shape index (κ1) is 12.3. The topological polar surface area (TPSA) is 38.3 Å². The smallest absolute Gasteiger partial charge is 0.253 e. The van der Waals surface area contributed by atoms with E-state index >= 15 is 0 Å². The molecule has 18 heavy (non-hydrogen) atoms. The van der Waals surface area contributed by atoms with Crippen LogP contribution in [-0.4, -0.2) is 13.0 Å². The first-order valence-electron chi connectivity index (χ1n) is 5.75. The average Bonchev–Trinajstić information content (AvgIpc) is 2.46. The Kier molecular flexibility index (Phi) is 4.10. The minimum atomic E-state index is -0.432. The largest absolute Gasteiger partial charge is 0.357 e. The molecular formula is C15H15NO2. The Morgan fingerprint density at radius 2 is 1.56 bits per heavy atom. The van der Waals surface area contributed by atoms with E-state index in [1.807, 2.05) is 48.5 Å². The van der Waals surface area contributed by atoms with Crippen molar-refractivity contribution in [3.05, 3.63) is 71.8 Å². The van der Waals surface area contributed by atoms with E-state index in [0.717, 1.165) is 5.56 Å².